The number of unbranched alkanes of at least 4 members (excludes halogenated alkanes) is 3. The molecule has 26 heavy (non-hydrogen) atoms. The molecule has 0 aliphatic heterocycles. The van der Waals surface area contributed by atoms with Crippen LogP contribution in [-0.4, -0.2) is 18.4 Å². The maximum absolute atomic E-state index is 12.1. The molecule has 0 atom stereocenters. The first-order valence-electron chi connectivity index (χ1n) is 8.92. The summed E-state index contributed by atoms with van der Waals surface area (Å²) in [5.41, 5.74) is 5.62. The van der Waals surface area contributed by atoms with Crippen LogP contribution in [0.5, 0.6) is 5.75 Å². The van der Waals surface area contributed by atoms with Gasteiger partial charge >= 0.3 is 0 Å². The van der Waals surface area contributed by atoms with E-state index in [-0.39, 0.29) is 0 Å². The van der Waals surface area contributed by atoms with Crippen molar-refractivity contribution in [2.45, 2.75) is 46.5 Å². The Bertz CT molecular complexity index is 735. The zero-order chi connectivity index (χ0) is 18.9. The Morgan fingerprint density at radius 2 is 1.69 bits per heavy atom. The van der Waals surface area contributed by atoms with Gasteiger partial charge in [0.15, 0.2) is 0 Å². The molecule has 1 aromatic heterocycles. The third kappa shape index (κ3) is 5.65. The molecule has 0 saturated carbocycles. The van der Waals surface area contributed by atoms with E-state index < -0.39 is 11.8 Å². The molecule has 2 amide bonds. The molecule has 2 rings (SSSR count). The molecule has 0 bridgehead atoms. The van der Waals surface area contributed by atoms with Gasteiger partial charge in [0.1, 0.15) is 17.3 Å². The lowest BCUT2D eigenvalue weighted by Gasteiger charge is -2.08. The number of benzene rings is 1. The van der Waals surface area contributed by atoms with Crippen LogP contribution in [0.15, 0.2) is 34.7 Å². The molecule has 1 heterocycles. The van der Waals surface area contributed by atoms with Crippen LogP contribution in [-0.2, 0) is 0 Å². The molecule has 0 aliphatic carbocycles. The topological polar surface area (TPSA) is 80.6 Å². The summed E-state index contributed by atoms with van der Waals surface area (Å²) in [5, 5.41) is 0. The number of hydrogen-bond acceptors (Lipinski definition) is 4. The van der Waals surface area contributed by atoms with Crippen molar-refractivity contribution in [3.8, 4) is 5.75 Å². The largest absolute Gasteiger partial charge is 0.494 e. The molecular weight excluding hydrogens is 332 g/mol. The summed E-state index contributed by atoms with van der Waals surface area (Å²) in [6.07, 6.45) is 4.59. The molecular formula is C20H26N2O4. The molecule has 0 aliphatic rings. The Kier molecular flexibility index (Phi) is 7.26. The number of furan rings is 1. The first-order valence-corrected chi connectivity index (χ1v) is 8.92. The number of hydrazine groups is 1. The number of aryl methyl sites for hydroxylation is 2. The van der Waals surface area contributed by atoms with Crippen molar-refractivity contribution in [1.82, 2.24) is 10.9 Å². The quantitative estimate of drug-likeness (QED) is 0.553. The molecule has 0 unspecified atom stereocenters. The summed E-state index contributed by atoms with van der Waals surface area (Å²) >= 11 is 0. The predicted octanol–water partition coefficient (Wildman–Crippen LogP) is 3.93. The fourth-order valence-electron chi connectivity index (χ4n) is 2.53. The standard InChI is InChI=1S/C20H26N2O4/c1-4-5-6-7-12-25-17-10-8-16(9-11-17)19(23)21-22-20(24)18-13-14(2)26-15(18)3/h8-11,13H,4-7,12H2,1-3H3,(H,21,23)(H,22,24). The minimum absolute atomic E-state index is 0.397. The lowest BCUT2D eigenvalue weighted by molar-refractivity contribution is 0.0845. The zero-order valence-electron chi connectivity index (χ0n) is 15.6. The van der Waals surface area contributed by atoms with Crippen LogP contribution in [0.2, 0.25) is 0 Å². The first-order chi connectivity index (χ1) is 12.5. The number of ether oxygens (including phenoxy) is 1. The molecule has 6 heteroatoms. The van der Waals surface area contributed by atoms with Crippen LogP contribution in [0, 0.1) is 13.8 Å². The van der Waals surface area contributed by atoms with E-state index >= 15 is 0 Å². The lowest BCUT2D eigenvalue weighted by atomic mass is 10.2. The molecule has 0 fully saturated rings. The van der Waals surface area contributed by atoms with Crippen molar-refractivity contribution >= 4 is 11.8 Å². The molecule has 2 aromatic rings. The lowest BCUT2D eigenvalue weighted by Crippen LogP contribution is -2.41. The molecule has 0 saturated heterocycles. The van der Waals surface area contributed by atoms with E-state index in [1.807, 2.05) is 0 Å². The average Bonchev–Trinajstić information content (AvgIpc) is 2.98. The second-order valence-electron chi connectivity index (χ2n) is 6.17. The van der Waals surface area contributed by atoms with Crippen molar-refractivity contribution < 1.29 is 18.7 Å². The summed E-state index contributed by atoms with van der Waals surface area (Å²) < 4.78 is 11.0. The summed E-state index contributed by atoms with van der Waals surface area (Å²) in [7, 11) is 0. The highest BCUT2D eigenvalue weighted by Gasteiger charge is 2.14. The van der Waals surface area contributed by atoms with Crippen LogP contribution >= 0.6 is 0 Å². The maximum atomic E-state index is 12.1. The minimum Gasteiger partial charge on any atom is -0.494 e. The average molecular weight is 358 g/mol. The van der Waals surface area contributed by atoms with Gasteiger partial charge in [0.2, 0.25) is 0 Å². The van der Waals surface area contributed by atoms with Gasteiger partial charge in [-0.25, -0.2) is 0 Å². The molecule has 0 radical (unpaired) electrons. The van der Waals surface area contributed by atoms with Crippen molar-refractivity contribution in [2.24, 2.45) is 0 Å². The second kappa shape index (κ2) is 9.65. The van der Waals surface area contributed by atoms with Gasteiger partial charge in [-0.05, 0) is 50.6 Å². The van der Waals surface area contributed by atoms with E-state index in [9.17, 15) is 9.59 Å². The number of rotatable bonds is 8. The third-order valence-corrected chi connectivity index (χ3v) is 3.96. The van der Waals surface area contributed by atoms with Crippen molar-refractivity contribution in [1.29, 1.82) is 0 Å². The van der Waals surface area contributed by atoms with Crippen LogP contribution in [0.1, 0.15) is 64.8 Å². The molecule has 140 valence electrons. The minimum atomic E-state index is -0.417. The van der Waals surface area contributed by atoms with Gasteiger partial charge in [-0.3, -0.25) is 20.4 Å². The highest BCUT2D eigenvalue weighted by molar-refractivity contribution is 5.99. The van der Waals surface area contributed by atoms with Gasteiger partial charge in [0.05, 0.1) is 12.2 Å². The molecule has 6 nitrogen and oxygen atoms in total. The number of nitrogens with one attached hydrogen (secondary N) is 2. The fraction of sp³-hybridized carbons (Fsp3) is 0.400. The van der Waals surface area contributed by atoms with Gasteiger partial charge in [-0.2, -0.15) is 0 Å². The SMILES string of the molecule is CCCCCCOc1ccc(C(=O)NNC(=O)c2cc(C)oc2C)cc1. The highest BCUT2D eigenvalue weighted by atomic mass is 16.5. The van der Waals surface area contributed by atoms with E-state index in [4.69, 9.17) is 9.15 Å². The number of hydrogen-bond donors (Lipinski definition) is 2. The Balaban J connectivity index is 1.80. The number of amides is 2. The summed E-state index contributed by atoms with van der Waals surface area (Å²) in [5.74, 6) is 1.07. The van der Waals surface area contributed by atoms with Gasteiger partial charge in [0, 0.05) is 5.56 Å². The molecule has 1 aromatic carbocycles. The number of carbonyl (C=O) groups excluding carboxylic acids is 2. The second-order valence-corrected chi connectivity index (χ2v) is 6.17. The molecule has 2 N–H and O–H groups in total. The van der Waals surface area contributed by atoms with E-state index in [0.717, 1.165) is 18.6 Å². The Morgan fingerprint density at radius 3 is 2.31 bits per heavy atom. The zero-order valence-corrected chi connectivity index (χ0v) is 15.6. The van der Waals surface area contributed by atoms with E-state index in [0.29, 0.717) is 29.3 Å². The summed E-state index contributed by atoms with van der Waals surface area (Å²) in [4.78, 5) is 24.2. The summed E-state index contributed by atoms with van der Waals surface area (Å²) in [6.45, 7) is 6.30. The van der Waals surface area contributed by atoms with Crippen molar-refractivity contribution in [2.75, 3.05) is 6.61 Å². The van der Waals surface area contributed by atoms with Crippen molar-refractivity contribution in [3.05, 3.63) is 53.0 Å². The number of carbonyl (C=O) groups is 2. The Hall–Kier alpha value is -2.76. The van der Waals surface area contributed by atoms with Crippen LogP contribution in [0.4, 0.5) is 0 Å². The normalized spacial score (nSPS) is 10.4. The Labute approximate surface area is 153 Å². The monoisotopic (exact) mass is 358 g/mol. The third-order valence-electron chi connectivity index (χ3n) is 3.96. The fourth-order valence-corrected chi connectivity index (χ4v) is 2.53. The van der Waals surface area contributed by atoms with Gasteiger partial charge in [-0.15, -0.1) is 0 Å². The first kappa shape index (κ1) is 19.6. The van der Waals surface area contributed by atoms with Gasteiger partial charge in [-0.1, -0.05) is 26.2 Å². The maximum Gasteiger partial charge on any atom is 0.273 e. The predicted molar refractivity (Wildman–Crippen MR) is 99.2 cm³/mol. The van der Waals surface area contributed by atoms with Crippen molar-refractivity contribution in [3.63, 3.8) is 0 Å². The van der Waals surface area contributed by atoms with Crippen LogP contribution < -0.4 is 15.6 Å². The highest BCUT2D eigenvalue weighted by Crippen LogP contribution is 2.14. The van der Waals surface area contributed by atoms with Crippen LogP contribution in [0.3, 0.4) is 0 Å². The smallest absolute Gasteiger partial charge is 0.273 e. The van der Waals surface area contributed by atoms with Gasteiger partial charge in [0.25, 0.3) is 11.8 Å². The van der Waals surface area contributed by atoms with E-state index in [1.54, 1.807) is 44.2 Å². The van der Waals surface area contributed by atoms with E-state index in [2.05, 4.69) is 17.8 Å². The van der Waals surface area contributed by atoms with E-state index in [1.165, 1.54) is 12.8 Å². The van der Waals surface area contributed by atoms with Crippen LogP contribution in [0.25, 0.3) is 0 Å². The summed E-state index contributed by atoms with van der Waals surface area (Å²) in [6, 6.07) is 8.45. The Morgan fingerprint density at radius 1 is 1.00 bits per heavy atom. The van der Waals surface area contributed by atoms with Gasteiger partial charge < -0.3 is 9.15 Å². The molecule has 0 spiro atoms.